The molecule has 0 atom stereocenters. The van der Waals surface area contributed by atoms with Gasteiger partial charge in [-0.15, -0.1) is 0 Å². The highest BCUT2D eigenvalue weighted by Crippen LogP contribution is 2.15. The van der Waals surface area contributed by atoms with Crippen LogP contribution in [0.15, 0.2) is 0 Å². The van der Waals surface area contributed by atoms with Gasteiger partial charge in [0.1, 0.15) is 5.82 Å². The van der Waals surface area contributed by atoms with E-state index in [1.165, 1.54) is 0 Å². The number of aryl methyl sites for hydroxylation is 2. The minimum Gasteiger partial charge on any atom is -0.384 e. The topological polar surface area (TPSA) is 62.3 Å². The molecule has 0 aromatic carbocycles. The number of nitrogens with zero attached hydrogens (tertiary/aromatic N) is 2. The van der Waals surface area contributed by atoms with Crippen molar-refractivity contribution < 1.29 is 9.47 Å². The minimum atomic E-state index is 0.244. The summed E-state index contributed by atoms with van der Waals surface area (Å²) in [6.07, 6.45) is 0.244. The van der Waals surface area contributed by atoms with Crippen LogP contribution >= 0.6 is 0 Å². The number of anilines is 1. The van der Waals surface area contributed by atoms with Gasteiger partial charge in [-0.25, -0.2) is 0 Å². The van der Waals surface area contributed by atoms with Crippen molar-refractivity contribution in [3.63, 3.8) is 0 Å². The molecule has 5 heteroatoms. The van der Waals surface area contributed by atoms with E-state index in [4.69, 9.17) is 15.2 Å². The van der Waals surface area contributed by atoms with E-state index >= 15 is 0 Å². The number of hydrogen-bond acceptors (Lipinski definition) is 4. The van der Waals surface area contributed by atoms with Crippen molar-refractivity contribution in [3.05, 3.63) is 11.3 Å². The van der Waals surface area contributed by atoms with Crippen LogP contribution in [-0.4, -0.2) is 29.1 Å². The standard InChI is InChI=1S/C11H21N3O2/c1-8(2)16-6-5-15-7-10-9(3)13-14(4)11(10)12/h8H,5-7,12H2,1-4H3. The Morgan fingerprint density at radius 3 is 2.56 bits per heavy atom. The lowest BCUT2D eigenvalue weighted by molar-refractivity contribution is 0.0143. The number of nitrogen functional groups attached to an aromatic ring is 1. The third kappa shape index (κ3) is 3.50. The Morgan fingerprint density at radius 1 is 1.38 bits per heavy atom. The Hall–Kier alpha value is -1.07. The molecular formula is C11H21N3O2. The van der Waals surface area contributed by atoms with Gasteiger partial charge in [-0.3, -0.25) is 4.68 Å². The van der Waals surface area contributed by atoms with Crippen LogP contribution in [0.4, 0.5) is 5.82 Å². The van der Waals surface area contributed by atoms with Crippen molar-refractivity contribution >= 4 is 5.82 Å². The largest absolute Gasteiger partial charge is 0.384 e. The third-order valence-corrected chi connectivity index (χ3v) is 2.32. The van der Waals surface area contributed by atoms with Gasteiger partial charge in [0.25, 0.3) is 0 Å². The van der Waals surface area contributed by atoms with Crippen molar-refractivity contribution in [3.8, 4) is 0 Å². The van der Waals surface area contributed by atoms with Crippen LogP contribution in [0.5, 0.6) is 0 Å². The molecule has 0 aliphatic carbocycles. The molecule has 0 radical (unpaired) electrons. The zero-order valence-corrected chi connectivity index (χ0v) is 10.5. The number of nitrogens with two attached hydrogens (primary N) is 1. The Balaban J connectivity index is 2.32. The molecule has 2 N–H and O–H groups in total. The lowest BCUT2D eigenvalue weighted by Crippen LogP contribution is -2.10. The molecule has 0 saturated heterocycles. The molecule has 16 heavy (non-hydrogen) atoms. The van der Waals surface area contributed by atoms with Crippen LogP contribution in [0.25, 0.3) is 0 Å². The lowest BCUT2D eigenvalue weighted by atomic mass is 10.2. The zero-order valence-electron chi connectivity index (χ0n) is 10.5. The van der Waals surface area contributed by atoms with Gasteiger partial charge in [0.15, 0.2) is 0 Å². The lowest BCUT2D eigenvalue weighted by Gasteiger charge is -2.08. The monoisotopic (exact) mass is 227 g/mol. The summed E-state index contributed by atoms with van der Waals surface area (Å²) in [6.45, 7) is 7.61. The second kappa shape index (κ2) is 5.86. The summed E-state index contributed by atoms with van der Waals surface area (Å²) in [6, 6.07) is 0. The first-order valence-corrected chi connectivity index (χ1v) is 5.49. The van der Waals surface area contributed by atoms with E-state index in [1.54, 1.807) is 4.68 Å². The summed E-state index contributed by atoms with van der Waals surface area (Å²) < 4.78 is 12.5. The van der Waals surface area contributed by atoms with Gasteiger partial charge in [0, 0.05) is 12.6 Å². The Kier molecular flexibility index (Phi) is 4.76. The second-order valence-electron chi connectivity index (χ2n) is 4.04. The highest BCUT2D eigenvalue weighted by atomic mass is 16.5. The Morgan fingerprint density at radius 2 is 2.06 bits per heavy atom. The molecule has 0 unspecified atom stereocenters. The molecule has 5 nitrogen and oxygen atoms in total. The van der Waals surface area contributed by atoms with Gasteiger partial charge in [-0.2, -0.15) is 5.10 Å². The first kappa shape index (κ1) is 13.0. The molecule has 0 spiro atoms. The van der Waals surface area contributed by atoms with Gasteiger partial charge in [-0.1, -0.05) is 0 Å². The Bertz CT molecular complexity index is 334. The van der Waals surface area contributed by atoms with Crippen LogP contribution in [0, 0.1) is 6.92 Å². The second-order valence-corrected chi connectivity index (χ2v) is 4.04. The fourth-order valence-electron chi connectivity index (χ4n) is 1.42. The van der Waals surface area contributed by atoms with Crippen molar-refractivity contribution in [2.75, 3.05) is 18.9 Å². The quantitative estimate of drug-likeness (QED) is 0.743. The minimum absolute atomic E-state index is 0.244. The molecule has 1 aromatic heterocycles. The van der Waals surface area contributed by atoms with E-state index in [0.717, 1.165) is 11.3 Å². The van der Waals surface area contributed by atoms with Gasteiger partial charge >= 0.3 is 0 Å². The zero-order chi connectivity index (χ0) is 12.1. The van der Waals surface area contributed by atoms with Gasteiger partial charge in [-0.05, 0) is 20.8 Å². The summed E-state index contributed by atoms with van der Waals surface area (Å²) in [5.41, 5.74) is 7.74. The molecule has 0 amide bonds. The molecule has 1 rings (SSSR count). The normalized spacial score (nSPS) is 11.3. The van der Waals surface area contributed by atoms with Crippen molar-refractivity contribution in [1.82, 2.24) is 9.78 Å². The molecule has 0 fully saturated rings. The first-order chi connectivity index (χ1) is 7.52. The maximum atomic E-state index is 5.86. The van der Waals surface area contributed by atoms with Crippen LogP contribution in [-0.2, 0) is 23.1 Å². The molecule has 0 aliphatic rings. The fraction of sp³-hybridized carbons (Fsp3) is 0.727. The molecule has 1 aromatic rings. The fourth-order valence-corrected chi connectivity index (χ4v) is 1.42. The maximum absolute atomic E-state index is 5.86. The Labute approximate surface area is 96.5 Å². The number of hydrogen-bond donors (Lipinski definition) is 1. The summed E-state index contributed by atoms with van der Waals surface area (Å²) in [4.78, 5) is 0. The average Bonchev–Trinajstić information content (AvgIpc) is 2.43. The SMILES string of the molecule is Cc1nn(C)c(N)c1COCCOC(C)C. The van der Waals surface area contributed by atoms with Gasteiger partial charge < -0.3 is 15.2 Å². The third-order valence-electron chi connectivity index (χ3n) is 2.32. The van der Waals surface area contributed by atoms with Crippen molar-refractivity contribution in [1.29, 1.82) is 0 Å². The summed E-state index contributed by atoms with van der Waals surface area (Å²) in [5, 5.41) is 4.22. The summed E-state index contributed by atoms with van der Waals surface area (Å²) >= 11 is 0. The predicted octanol–water partition coefficient (Wildman–Crippen LogP) is 1.25. The first-order valence-electron chi connectivity index (χ1n) is 5.49. The van der Waals surface area contributed by atoms with Gasteiger partial charge in [0.05, 0.1) is 31.6 Å². The number of ether oxygens (including phenoxy) is 2. The highest BCUT2D eigenvalue weighted by Gasteiger charge is 2.09. The smallest absolute Gasteiger partial charge is 0.127 e. The highest BCUT2D eigenvalue weighted by molar-refractivity contribution is 5.42. The van der Waals surface area contributed by atoms with E-state index in [2.05, 4.69) is 5.10 Å². The van der Waals surface area contributed by atoms with Gasteiger partial charge in [0.2, 0.25) is 0 Å². The van der Waals surface area contributed by atoms with Crippen LogP contribution in [0.1, 0.15) is 25.1 Å². The van der Waals surface area contributed by atoms with E-state index in [9.17, 15) is 0 Å². The average molecular weight is 227 g/mol. The van der Waals surface area contributed by atoms with Crippen LogP contribution in [0.3, 0.4) is 0 Å². The van der Waals surface area contributed by atoms with Crippen LogP contribution in [0.2, 0.25) is 0 Å². The van der Waals surface area contributed by atoms with Crippen LogP contribution < -0.4 is 5.73 Å². The van der Waals surface area contributed by atoms with Crippen molar-refractivity contribution in [2.45, 2.75) is 33.5 Å². The van der Waals surface area contributed by atoms with E-state index in [0.29, 0.717) is 25.6 Å². The number of rotatable bonds is 6. The molecular weight excluding hydrogens is 206 g/mol. The number of aromatic nitrogens is 2. The van der Waals surface area contributed by atoms with E-state index < -0.39 is 0 Å². The van der Waals surface area contributed by atoms with Crippen molar-refractivity contribution in [2.24, 2.45) is 7.05 Å². The predicted molar refractivity (Wildman–Crippen MR) is 63.1 cm³/mol. The molecule has 1 heterocycles. The van der Waals surface area contributed by atoms with E-state index in [1.807, 2.05) is 27.8 Å². The van der Waals surface area contributed by atoms with E-state index in [-0.39, 0.29) is 6.10 Å². The maximum Gasteiger partial charge on any atom is 0.127 e. The molecule has 0 bridgehead atoms. The summed E-state index contributed by atoms with van der Waals surface area (Å²) in [5.74, 6) is 0.669. The summed E-state index contributed by atoms with van der Waals surface area (Å²) in [7, 11) is 1.83. The molecule has 0 aliphatic heterocycles. The molecule has 0 saturated carbocycles. The molecule has 92 valence electrons.